The number of carbonyl (C=O) groups is 2. The van der Waals surface area contributed by atoms with Crippen molar-refractivity contribution in [2.75, 3.05) is 7.05 Å². The van der Waals surface area contributed by atoms with Crippen LogP contribution in [0.4, 0.5) is 4.79 Å². The number of aliphatic carboxylic acids is 1. The molecular weight excluding hydrogens is 232 g/mol. The van der Waals surface area contributed by atoms with E-state index in [1.165, 1.54) is 25.8 Å². The van der Waals surface area contributed by atoms with Gasteiger partial charge in [0, 0.05) is 13.1 Å². The summed E-state index contributed by atoms with van der Waals surface area (Å²) >= 11 is 0. The molecule has 0 aromatic carbocycles. The Balaban J connectivity index is 2.64. The Morgan fingerprint density at radius 2 is 1.83 bits per heavy atom. The average molecular weight is 256 g/mol. The minimum atomic E-state index is -1.20. The monoisotopic (exact) mass is 256 g/mol. The highest BCUT2D eigenvalue weighted by molar-refractivity contribution is 5.85. The van der Waals surface area contributed by atoms with Crippen molar-refractivity contribution in [3.05, 3.63) is 0 Å². The molecule has 3 unspecified atom stereocenters. The Kier molecular flexibility index (Phi) is 4.24. The zero-order chi connectivity index (χ0) is 14.1. The zero-order valence-corrected chi connectivity index (χ0v) is 11.9. The fourth-order valence-electron chi connectivity index (χ4n) is 2.22. The summed E-state index contributed by atoms with van der Waals surface area (Å²) in [4.78, 5) is 24.4. The number of carbonyl (C=O) groups excluding carboxylic acids is 1. The lowest BCUT2D eigenvalue weighted by Gasteiger charge is -2.33. The summed E-state index contributed by atoms with van der Waals surface area (Å²) in [6.07, 6.45) is 2.08. The number of rotatable bonds is 3. The lowest BCUT2D eigenvalue weighted by Crippen LogP contribution is -2.56. The molecule has 5 nitrogen and oxygen atoms in total. The van der Waals surface area contributed by atoms with Crippen LogP contribution in [0.25, 0.3) is 0 Å². The summed E-state index contributed by atoms with van der Waals surface area (Å²) in [5, 5.41) is 12.0. The van der Waals surface area contributed by atoms with Crippen LogP contribution in [0.5, 0.6) is 0 Å². The molecule has 0 radical (unpaired) electrons. The van der Waals surface area contributed by atoms with Crippen LogP contribution in [0.2, 0.25) is 0 Å². The van der Waals surface area contributed by atoms with E-state index in [1.807, 2.05) is 0 Å². The predicted octanol–water partition coefficient (Wildman–Crippen LogP) is 1.93. The molecule has 104 valence electrons. The standard InChI is InChI=1S/C13H24N2O3/c1-8-6-7-10(9(8)2)14-12(18)15(5)13(3,4)11(16)17/h8-10H,6-7H2,1-5H3,(H,14,18)(H,16,17). The van der Waals surface area contributed by atoms with Gasteiger partial charge in [0.2, 0.25) is 0 Å². The van der Waals surface area contributed by atoms with E-state index in [0.29, 0.717) is 11.8 Å². The van der Waals surface area contributed by atoms with E-state index in [4.69, 9.17) is 5.11 Å². The summed E-state index contributed by atoms with van der Waals surface area (Å²) in [7, 11) is 1.52. The second-order valence-electron chi connectivity index (χ2n) is 5.89. The first kappa shape index (κ1) is 14.8. The molecule has 0 bridgehead atoms. The van der Waals surface area contributed by atoms with E-state index in [2.05, 4.69) is 19.2 Å². The molecule has 0 saturated heterocycles. The number of amides is 2. The van der Waals surface area contributed by atoms with Crippen LogP contribution in [0.15, 0.2) is 0 Å². The highest BCUT2D eigenvalue weighted by Gasteiger charge is 2.37. The number of hydrogen-bond acceptors (Lipinski definition) is 2. The highest BCUT2D eigenvalue weighted by Crippen LogP contribution is 2.31. The summed E-state index contributed by atoms with van der Waals surface area (Å²) in [5.74, 6) is 0.0383. The van der Waals surface area contributed by atoms with Crippen molar-refractivity contribution in [1.29, 1.82) is 0 Å². The van der Waals surface area contributed by atoms with Crippen molar-refractivity contribution in [1.82, 2.24) is 10.2 Å². The van der Waals surface area contributed by atoms with E-state index < -0.39 is 11.5 Å². The van der Waals surface area contributed by atoms with Crippen molar-refractivity contribution >= 4 is 12.0 Å². The van der Waals surface area contributed by atoms with Crippen molar-refractivity contribution in [2.24, 2.45) is 11.8 Å². The van der Waals surface area contributed by atoms with Gasteiger partial charge in [-0.25, -0.2) is 9.59 Å². The molecule has 1 aliphatic carbocycles. The van der Waals surface area contributed by atoms with E-state index in [1.54, 1.807) is 0 Å². The number of likely N-dealkylation sites (N-methyl/N-ethyl adjacent to an activating group) is 1. The summed E-state index contributed by atoms with van der Waals surface area (Å²) < 4.78 is 0. The third kappa shape index (κ3) is 2.76. The smallest absolute Gasteiger partial charge is 0.329 e. The van der Waals surface area contributed by atoms with Crippen LogP contribution in [-0.4, -0.2) is 40.6 Å². The topological polar surface area (TPSA) is 69.6 Å². The molecule has 0 aliphatic heterocycles. The molecule has 18 heavy (non-hydrogen) atoms. The molecule has 1 rings (SSSR count). The summed E-state index contributed by atoms with van der Waals surface area (Å²) in [5.41, 5.74) is -1.20. The first-order chi connectivity index (χ1) is 8.17. The highest BCUT2D eigenvalue weighted by atomic mass is 16.4. The minimum absolute atomic E-state index is 0.152. The van der Waals surface area contributed by atoms with Crippen molar-refractivity contribution in [2.45, 2.75) is 52.1 Å². The fraction of sp³-hybridized carbons (Fsp3) is 0.846. The van der Waals surface area contributed by atoms with Gasteiger partial charge < -0.3 is 15.3 Å². The number of carboxylic acids is 1. The lowest BCUT2D eigenvalue weighted by atomic mass is 9.98. The normalized spacial score (nSPS) is 27.9. The first-order valence-electron chi connectivity index (χ1n) is 6.45. The largest absolute Gasteiger partial charge is 0.480 e. The van der Waals surface area contributed by atoms with Gasteiger partial charge in [0.05, 0.1) is 0 Å². The van der Waals surface area contributed by atoms with Gasteiger partial charge in [0.15, 0.2) is 0 Å². The molecule has 1 fully saturated rings. The second-order valence-corrected chi connectivity index (χ2v) is 5.89. The maximum atomic E-state index is 12.1. The van der Waals surface area contributed by atoms with Gasteiger partial charge in [0.25, 0.3) is 0 Å². The minimum Gasteiger partial charge on any atom is -0.480 e. The Morgan fingerprint density at radius 1 is 1.28 bits per heavy atom. The van der Waals surface area contributed by atoms with Crippen LogP contribution in [0.3, 0.4) is 0 Å². The van der Waals surface area contributed by atoms with Crippen LogP contribution in [0.1, 0.15) is 40.5 Å². The van der Waals surface area contributed by atoms with Crippen LogP contribution >= 0.6 is 0 Å². The predicted molar refractivity (Wildman–Crippen MR) is 69.4 cm³/mol. The van der Waals surface area contributed by atoms with Gasteiger partial charge in [-0.3, -0.25) is 0 Å². The van der Waals surface area contributed by atoms with E-state index in [0.717, 1.165) is 12.8 Å². The van der Waals surface area contributed by atoms with E-state index >= 15 is 0 Å². The third-order valence-electron chi connectivity index (χ3n) is 4.44. The quantitative estimate of drug-likeness (QED) is 0.810. The van der Waals surface area contributed by atoms with Crippen LogP contribution < -0.4 is 5.32 Å². The molecule has 0 aromatic heterocycles. The summed E-state index contributed by atoms with van der Waals surface area (Å²) in [6.45, 7) is 7.36. The Morgan fingerprint density at radius 3 is 2.22 bits per heavy atom. The molecular formula is C13H24N2O3. The Labute approximate surface area is 109 Å². The Hall–Kier alpha value is -1.26. The number of nitrogens with zero attached hydrogens (tertiary/aromatic N) is 1. The van der Waals surface area contributed by atoms with Gasteiger partial charge in [0.1, 0.15) is 5.54 Å². The van der Waals surface area contributed by atoms with E-state index in [-0.39, 0.29) is 12.1 Å². The molecule has 0 spiro atoms. The van der Waals surface area contributed by atoms with Gasteiger partial charge in [-0.1, -0.05) is 13.8 Å². The third-order valence-corrected chi connectivity index (χ3v) is 4.44. The fourth-order valence-corrected chi connectivity index (χ4v) is 2.22. The van der Waals surface area contributed by atoms with Gasteiger partial charge >= 0.3 is 12.0 Å². The van der Waals surface area contributed by atoms with Crippen LogP contribution in [-0.2, 0) is 4.79 Å². The van der Waals surface area contributed by atoms with Gasteiger partial charge in [-0.15, -0.1) is 0 Å². The maximum Gasteiger partial charge on any atom is 0.329 e. The van der Waals surface area contributed by atoms with E-state index in [9.17, 15) is 9.59 Å². The lowest BCUT2D eigenvalue weighted by molar-refractivity contribution is -0.146. The SMILES string of the molecule is CC1CCC(NC(=O)N(C)C(C)(C)C(=O)O)C1C. The van der Waals surface area contributed by atoms with Crippen LogP contribution in [0, 0.1) is 11.8 Å². The molecule has 1 saturated carbocycles. The second kappa shape index (κ2) is 5.16. The number of nitrogens with one attached hydrogen (secondary N) is 1. The number of urea groups is 1. The number of carboxylic acid groups (broad SMARTS) is 1. The molecule has 5 heteroatoms. The van der Waals surface area contributed by atoms with Crippen molar-refractivity contribution < 1.29 is 14.7 Å². The first-order valence-corrected chi connectivity index (χ1v) is 6.45. The van der Waals surface area contributed by atoms with Gasteiger partial charge in [-0.05, 0) is 38.5 Å². The molecule has 2 amide bonds. The molecule has 1 aliphatic rings. The average Bonchev–Trinajstić information content (AvgIpc) is 2.59. The van der Waals surface area contributed by atoms with Crippen molar-refractivity contribution in [3.63, 3.8) is 0 Å². The van der Waals surface area contributed by atoms with Crippen molar-refractivity contribution in [3.8, 4) is 0 Å². The molecule has 3 atom stereocenters. The summed E-state index contributed by atoms with van der Waals surface area (Å²) in [6, 6.07) is -0.159. The van der Waals surface area contributed by atoms with Gasteiger partial charge in [-0.2, -0.15) is 0 Å². The molecule has 2 N–H and O–H groups in total. The Bertz CT molecular complexity index is 341. The molecule has 0 heterocycles. The zero-order valence-electron chi connectivity index (χ0n) is 11.9. The number of hydrogen-bond donors (Lipinski definition) is 2. The maximum absolute atomic E-state index is 12.1. The molecule has 0 aromatic rings.